The largest absolute Gasteiger partial charge is 0.417 e. The van der Waals surface area contributed by atoms with Crippen LogP contribution in [0, 0.1) is 0 Å². The first-order chi connectivity index (χ1) is 11.2. The third-order valence-corrected chi connectivity index (χ3v) is 3.15. The first-order valence-electron chi connectivity index (χ1n) is 7.51. The van der Waals surface area contributed by atoms with E-state index in [9.17, 15) is 13.2 Å². The van der Waals surface area contributed by atoms with Gasteiger partial charge >= 0.3 is 6.18 Å². The van der Waals surface area contributed by atoms with Crippen LogP contribution in [0.3, 0.4) is 0 Å². The summed E-state index contributed by atoms with van der Waals surface area (Å²) in [6.45, 7) is 7.13. The van der Waals surface area contributed by atoms with E-state index >= 15 is 0 Å². The van der Waals surface area contributed by atoms with E-state index in [-0.39, 0.29) is 5.41 Å². The van der Waals surface area contributed by atoms with Crippen molar-refractivity contribution in [2.24, 2.45) is 0 Å². The molecular formula is C16H20F3N5. The van der Waals surface area contributed by atoms with Crippen LogP contribution >= 0.6 is 0 Å². The fourth-order valence-electron chi connectivity index (χ4n) is 1.87. The van der Waals surface area contributed by atoms with Crippen LogP contribution in [0.2, 0.25) is 0 Å². The lowest BCUT2D eigenvalue weighted by molar-refractivity contribution is -0.137. The quantitative estimate of drug-likeness (QED) is 0.813. The Morgan fingerprint density at radius 3 is 2.12 bits per heavy atom. The van der Waals surface area contributed by atoms with Crippen LogP contribution in [0.4, 0.5) is 24.8 Å². The van der Waals surface area contributed by atoms with Gasteiger partial charge in [0, 0.05) is 30.9 Å². The van der Waals surface area contributed by atoms with Gasteiger partial charge in [0.05, 0.1) is 5.56 Å². The third kappa shape index (κ3) is 5.07. The predicted molar refractivity (Wildman–Crippen MR) is 87.0 cm³/mol. The van der Waals surface area contributed by atoms with Crippen LogP contribution in [0.25, 0.3) is 0 Å². The van der Waals surface area contributed by atoms with Crippen molar-refractivity contribution in [1.82, 2.24) is 15.0 Å². The van der Waals surface area contributed by atoms with Crippen LogP contribution < -0.4 is 10.6 Å². The summed E-state index contributed by atoms with van der Waals surface area (Å²) in [6, 6.07) is 4.08. The van der Waals surface area contributed by atoms with Crippen molar-refractivity contribution in [1.29, 1.82) is 0 Å². The number of pyridine rings is 1. The Bertz CT molecular complexity index is 663. The summed E-state index contributed by atoms with van der Waals surface area (Å²) < 4.78 is 37.3. The zero-order valence-electron chi connectivity index (χ0n) is 13.8. The molecule has 0 aliphatic rings. The maximum Gasteiger partial charge on any atom is 0.417 e. The molecule has 0 saturated heterocycles. The van der Waals surface area contributed by atoms with E-state index in [4.69, 9.17) is 0 Å². The molecule has 0 unspecified atom stereocenters. The van der Waals surface area contributed by atoms with Crippen molar-refractivity contribution in [3.63, 3.8) is 0 Å². The van der Waals surface area contributed by atoms with Gasteiger partial charge in [-0.15, -0.1) is 0 Å². The lowest BCUT2D eigenvalue weighted by atomic mass is 9.96. The van der Waals surface area contributed by atoms with Crippen molar-refractivity contribution in [3.8, 4) is 0 Å². The van der Waals surface area contributed by atoms with Crippen molar-refractivity contribution in [2.45, 2.75) is 32.4 Å². The number of halogens is 3. The third-order valence-electron chi connectivity index (χ3n) is 3.15. The molecule has 0 amide bonds. The highest BCUT2D eigenvalue weighted by Gasteiger charge is 2.30. The molecule has 0 spiro atoms. The molecule has 24 heavy (non-hydrogen) atoms. The predicted octanol–water partition coefficient (Wildman–Crippen LogP) is 3.71. The fraction of sp³-hybridized carbons (Fsp3) is 0.438. The average molecular weight is 339 g/mol. The molecule has 0 aliphatic carbocycles. The number of rotatable bonds is 5. The number of nitrogens with zero attached hydrogens (tertiary/aromatic N) is 3. The first kappa shape index (κ1) is 18.0. The van der Waals surface area contributed by atoms with Gasteiger partial charge in [-0.2, -0.15) is 13.2 Å². The Morgan fingerprint density at radius 1 is 0.917 bits per heavy atom. The summed E-state index contributed by atoms with van der Waals surface area (Å²) in [5.41, 5.74) is -0.901. The molecule has 8 heteroatoms. The lowest BCUT2D eigenvalue weighted by Gasteiger charge is -2.17. The Kier molecular flexibility index (Phi) is 5.26. The molecule has 0 aliphatic heterocycles. The maximum atomic E-state index is 12.4. The van der Waals surface area contributed by atoms with Gasteiger partial charge in [0.2, 0.25) is 0 Å². The monoisotopic (exact) mass is 339 g/mol. The van der Waals surface area contributed by atoms with E-state index in [2.05, 4.69) is 25.6 Å². The van der Waals surface area contributed by atoms with Crippen LogP contribution in [0.1, 0.15) is 32.2 Å². The molecule has 5 nitrogen and oxygen atoms in total. The number of nitrogens with one attached hydrogen (secondary N) is 2. The maximum absolute atomic E-state index is 12.4. The van der Waals surface area contributed by atoms with E-state index in [1.807, 2.05) is 20.8 Å². The average Bonchev–Trinajstić information content (AvgIpc) is 2.51. The van der Waals surface area contributed by atoms with Gasteiger partial charge in [-0.25, -0.2) is 15.0 Å². The SMILES string of the molecule is CC(C)(C)c1nccc(NCCNc2ccc(C(F)(F)F)cn2)n1. The van der Waals surface area contributed by atoms with Crippen molar-refractivity contribution in [2.75, 3.05) is 23.7 Å². The van der Waals surface area contributed by atoms with Crippen molar-refractivity contribution >= 4 is 11.6 Å². The summed E-state index contributed by atoms with van der Waals surface area (Å²) in [4.78, 5) is 12.4. The molecule has 0 atom stereocenters. The Labute approximate surface area is 138 Å². The van der Waals surface area contributed by atoms with E-state index in [0.717, 1.165) is 18.1 Å². The number of hydrogen-bond acceptors (Lipinski definition) is 5. The Hall–Kier alpha value is -2.38. The van der Waals surface area contributed by atoms with Crippen LogP contribution in [-0.4, -0.2) is 28.0 Å². The first-order valence-corrected chi connectivity index (χ1v) is 7.51. The second kappa shape index (κ2) is 7.02. The summed E-state index contributed by atoms with van der Waals surface area (Å²) >= 11 is 0. The Morgan fingerprint density at radius 2 is 1.58 bits per heavy atom. The summed E-state index contributed by atoms with van der Waals surface area (Å²) in [5, 5.41) is 6.10. The minimum atomic E-state index is -4.37. The molecule has 0 aromatic carbocycles. The molecule has 2 N–H and O–H groups in total. The highest BCUT2D eigenvalue weighted by atomic mass is 19.4. The van der Waals surface area contributed by atoms with Crippen molar-refractivity contribution < 1.29 is 13.2 Å². The zero-order chi connectivity index (χ0) is 17.8. The highest BCUT2D eigenvalue weighted by Crippen LogP contribution is 2.28. The zero-order valence-corrected chi connectivity index (χ0v) is 13.8. The minimum Gasteiger partial charge on any atom is -0.368 e. The van der Waals surface area contributed by atoms with E-state index in [1.165, 1.54) is 6.07 Å². The van der Waals surface area contributed by atoms with E-state index in [0.29, 0.717) is 24.7 Å². The minimum absolute atomic E-state index is 0.139. The van der Waals surface area contributed by atoms with E-state index in [1.54, 1.807) is 12.3 Å². The van der Waals surface area contributed by atoms with Gasteiger partial charge in [0.15, 0.2) is 0 Å². The van der Waals surface area contributed by atoms with Gasteiger partial charge in [-0.3, -0.25) is 0 Å². The highest BCUT2D eigenvalue weighted by molar-refractivity contribution is 5.38. The number of hydrogen-bond donors (Lipinski definition) is 2. The van der Waals surface area contributed by atoms with Gasteiger partial charge in [-0.05, 0) is 18.2 Å². The van der Waals surface area contributed by atoms with Gasteiger partial charge in [0.1, 0.15) is 17.5 Å². The van der Waals surface area contributed by atoms with Crippen LogP contribution in [0.5, 0.6) is 0 Å². The molecule has 2 aromatic heterocycles. The summed E-state index contributed by atoms with van der Waals surface area (Å²) in [7, 11) is 0. The van der Waals surface area contributed by atoms with Crippen LogP contribution in [0.15, 0.2) is 30.6 Å². The van der Waals surface area contributed by atoms with Gasteiger partial charge in [0.25, 0.3) is 0 Å². The molecule has 0 bridgehead atoms. The standard InChI is InChI=1S/C16H20F3N5/c1-15(2,3)14-22-7-6-13(24-14)21-9-8-20-12-5-4-11(10-23-12)16(17,18)19/h4-7,10H,8-9H2,1-3H3,(H,20,23)(H,21,22,24). The number of anilines is 2. The molecule has 0 radical (unpaired) electrons. The van der Waals surface area contributed by atoms with E-state index < -0.39 is 11.7 Å². The lowest BCUT2D eigenvalue weighted by Crippen LogP contribution is -2.19. The molecular weight excluding hydrogens is 319 g/mol. The molecule has 2 rings (SSSR count). The summed E-state index contributed by atoms with van der Waals surface area (Å²) in [5.74, 6) is 1.84. The molecule has 2 aromatic rings. The Balaban J connectivity index is 1.83. The molecule has 2 heterocycles. The van der Waals surface area contributed by atoms with Gasteiger partial charge in [-0.1, -0.05) is 20.8 Å². The molecule has 130 valence electrons. The smallest absolute Gasteiger partial charge is 0.368 e. The number of alkyl halides is 3. The molecule has 0 saturated carbocycles. The topological polar surface area (TPSA) is 62.7 Å². The van der Waals surface area contributed by atoms with Crippen molar-refractivity contribution in [3.05, 3.63) is 42.0 Å². The number of aromatic nitrogens is 3. The molecule has 0 fully saturated rings. The fourth-order valence-corrected chi connectivity index (χ4v) is 1.87. The normalized spacial score (nSPS) is 12.1. The second-order valence-corrected chi connectivity index (χ2v) is 6.30. The van der Waals surface area contributed by atoms with Gasteiger partial charge < -0.3 is 10.6 Å². The van der Waals surface area contributed by atoms with Crippen LogP contribution in [-0.2, 0) is 11.6 Å². The second-order valence-electron chi connectivity index (χ2n) is 6.30. The summed E-state index contributed by atoms with van der Waals surface area (Å²) in [6.07, 6.45) is -1.86.